The van der Waals surface area contributed by atoms with Crippen LogP contribution in [0.4, 0.5) is 0 Å². The van der Waals surface area contributed by atoms with E-state index in [0.29, 0.717) is 6.04 Å². The van der Waals surface area contributed by atoms with Gasteiger partial charge in [-0.25, -0.2) is 0 Å². The molecular weight excluding hydrogens is 264 g/mol. The van der Waals surface area contributed by atoms with Crippen LogP contribution >= 0.6 is 11.3 Å². The average Bonchev–Trinajstić information content (AvgIpc) is 2.90. The predicted molar refractivity (Wildman–Crippen MR) is 85.4 cm³/mol. The van der Waals surface area contributed by atoms with Gasteiger partial charge in [0.1, 0.15) is 0 Å². The molecule has 0 saturated heterocycles. The van der Waals surface area contributed by atoms with Crippen LogP contribution in [-0.2, 0) is 19.3 Å². The first-order chi connectivity index (χ1) is 9.76. The van der Waals surface area contributed by atoms with Crippen molar-refractivity contribution < 1.29 is 0 Å². The second-order valence-electron chi connectivity index (χ2n) is 5.68. The maximum Gasteiger partial charge on any atom is 0.0468 e. The van der Waals surface area contributed by atoms with Gasteiger partial charge in [-0.2, -0.15) is 0 Å². The number of fused-ring (bicyclic) bond motifs is 1. The minimum atomic E-state index is 0.390. The number of nitrogens with zero attached hydrogens (tertiary/aromatic N) is 1. The number of nitrogens with one attached hydrogen (secondary N) is 1. The molecule has 20 heavy (non-hydrogen) atoms. The van der Waals surface area contributed by atoms with Crippen LogP contribution in [0, 0.1) is 6.92 Å². The van der Waals surface area contributed by atoms with Crippen molar-refractivity contribution in [3.05, 3.63) is 51.0 Å². The lowest BCUT2D eigenvalue weighted by Crippen LogP contribution is -2.18. The molecule has 1 aliphatic rings. The fourth-order valence-corrected chi connectivity index (χ4v) is 4.23. The van der Waals surface area contributed by atoms with E-state index in [0.717, 1.165) is 6.42 Å². The Labute approximate surface area is 125 Å². The van der Waals surface area contributed by atoms with Gasteiger partial charge in [0.2, 0.25) is 0 Å². The van der Waals surface area contributed by atoms with Gasteiger partial charge in [0.15, 0.2) is 0 Å². The lowest BCUT2D eigenvalue weighted by molar-refractivity contribution is 0.593. The highest BCUT2D eigenvalue weighted by Gasteiger charge is 2.18. The van der Waals surface area contributed by atoms with E-state index < -0.39 is 0 Å². The Kier molecular flexibility index (Phi) is 4.18. The molecule has 0 radical (unpaired) electrons. The van der Waals surface area contributed by atoms with Crippen LogP contribution in [0.5, 0.6) is 0 Å². The van der Waals surface area contributed by atoms with Crippen LogP contribution in [-0.4, -0.2) is 12.0 Å². The monoisotopic (exact) mass is 286 g/mol. The molecule has 106 valence electrons. The highest BCUT2D eigenvalue weighted by Crippen LogP contribution is 2.33. The van der Waals surface area contributed by atoms with Crippen LogP contribution in [0.15, 0.2) is 24.4 Å². The summed E-state index contributed by atoms with van der Waals surface area (Å²) >= 11 is 2.00. The Morgan fingerprint density at radius 2 is 2.15 bits per heavy atom. The molecule has 1 unspecified atom stereocenters. The summed E-state index contributed by atoms with van der Waals surface area (Å²) in [4.78, 5) is 7.63. The first-order valence-corrected chi connectivity index (χ1v) is 8.28. The minimum Gasteiger partial charge on any atom is -0.312 e. The van der Waals surface area contributed by atoms with Crippen molar-refractivity contribution in [1.82, 2.24) is 10.3 Å². The summed E-state index contributed by atoms with van der Waals surface area (Å²) in [6.45, 7) is 2.08. The Hall–Kier alpha value is -1.19. The third-order valence-corrected chi connectivity index (χ3v) is 5.44. The van der Waals surface area contributed by atoms with E-state index in [-0.39, 0.29) is 0 Å². The number of rotatable bonds is 4. The normalized spacial score (nSPS) is 15.9. The van der Waals surface area contributed by atoms with Gasteiger partial charge in [-0.05, 0) is 62.9 Å². The van der Waals surface area contributed by atoms with Gasteiger partial charge in [-0.3, -0.25) is 4.98 Å². The molecule has 0 spiro atoms. The molecule has 2 heterocycles. The molecule has 0 aliphatic heterocycles. The maximum absolute atomic E-state index is 4.54. The molecular formula is C17H22N2S. The zero-order valence-electron chi connectivity index (χ0n) is 12.3. The van der Waals surface area contributed by atoms with Crippen molar-refractivity contribution in [3.63, 3.8) is 0 Å². The molecule has 0 aromatic carbocycles. The first kappa shape index (κ1) is 13.8. The standard InChI is InChI=1S/C17H22N2S/c1-12-7-8-14(19-11-12)10-15(18-2)17-9-13-5-3-4-6-16(13)20-17/h7-9,11,15,18H,3-6,10H2,1-2H3. The maximum atomic E-state index is 4.54. The summed E-state index contributed by atoms with van der Waals surface area (Å²) < 4.78 is 0. The fraction of sp³-hybridized carbons (Fsp3) is 0.471. The van der Waals surface area contributed by atoms with Crippen molar-refractivity contribution in [1.29, 1.82) is 0 Å². The highest BCUT2D eigenvalue weighted by atomic mass is 32.1. The zero-order valence-corrected chi connectivity index (χ0v) is 13.1. The van der Waals surface area contributed by atoms with Crippen molar-refractivity contribution in [2.24, 2.45) is 0 Å². The predicted octanol–water partition coefficient (Wildman–Crippen LogP) is 3.83. The van der Waals surface area contributed by atoms with Gasteiger partial charge in [-0.1, -0.05) is 6.07 Å². The number of likely N-dealkylation sites (N-methyl/N-ethyl adjacent to an activating group) is 1. The molecule has 0 bridgehead atoms. The third-order valence-electron chi connectivity index (χ3n) is 4.09. The van der Waals surface area contributed by atoms with Crippen LogP contribution in [0.3, 0.4) is 0 Å². The fourth-order valence-electron chi connectivity index (χ4n) is 2.86. The smallest absolute Gasteiger partial charge is 0.0468 e. The first-order valence-electron chi connectivity index (χ1n) is 7.46. The summed E-state index contributed by atoms with van der Waals surface area (Å²) in [7, 11) is 2.05. The van der Waals surface area contributed by atoms with Gasteiger partial charge in [-0.15, -0.1) is 11.3 Å². The van der Waals surface area contributed by atoms with Crippen molar-refractivity contribution in [2.45, 2.75) is 45.1 Å². The molecule has 3 heteroatoms. The Morgan fingerprint density at radius 1 is 1.30 bits per heavy atom. The molecule has 0 saturated carbocycles. The highest BCUT2D eigenvalue weighted by molar-refractivity contribution is 7.12. The van der Waals surface area contributed by atoms with E-state index >= 15 is 0 Å². The number of pyridine rings is 1. The second-order valence-corrected chi connectivity index (χ2v) is 6.84. The number of thiophene rings is 1. The van der Waals surface area contributed by atoms with Crippen molar-refractivity contribution in [3.8, 4) is 0 Å². The van der Waals surface area contributed by atoms with Gasteiger partial charge < -0.3 is 5.32 Å². The van der Waals surface area contributed by atoms with E-state index in [9.17, 15) is 0 Å². The summed E-state index contributed by atoms with van der Waals surface area (Å²) in [6, 6.07) is 7.11. The molecule has 0 amide bonds. The minimum absolute atomic E-state index is 0.390. The number of aromatic nitrogens is 1. The lowest BCUT2D eigenvalue weighted by Gasteiger charge is -2.14. The van der Waals surface area contributed by atoms with Crippen LogP contribution in [0.2, 0.25) is 0 Å². The summed E-state index contributed by atoms with van der Waals surface area (Å²) in [6.07, 6.45) is 8.19. The summed E-state index contributed by atoms with van der Waals surface area (Å²) in [5.74, 6) is 0. The summed E-state index contributed by atoms with van der Waals surface area (Å²) in [5.41, 5.74) is 3.98. The number of aryl methyl sites for hydroxylation is 3. The van der Waals surface area contributed by atoms with E-state index in [1.54, 1.807) is 10.4 Å². The molecule has 0 fully saturated rings. The van der Waals surface area contributed by atoms with Gasteiger partial charge in [0.25, 0.3) is 0 Å². The van der Waals surface area contributed by atoms with Crippen LogP contribution in [0.1, 0.15) is 45.5 Å². The van der Waals surface area contributed by atoms with Gasteiger partial charge >= 0.3 is 0 Å². The Bertz CT molecular complexity index is 548. The lowest BCUT2D eigenvalue weighted by atomic mass is 9.98. The Morgan fingerprint density at radius 3 is 2.85 bits per heavy atom. The Balaban J connectivity index is 1.79. The number of hydrogen-bond donors (Lipinski definition) is 1. The second kappa shape index (κ2) is 6.06. The topological polar surface area (TPSA) is 24.9 Å². The van der Waals surface area contributed by atoms with Gasteiger partial charge in [0.05, 0.1) is 0 Å². The molecule has 3 rings (SSSR count). The van der Waals surface area contributed by atoms with E-state index in [1.807, 2.05) is 17.5 Å². The van der Waals surface area contributed by atoms with E-state index in [1.165, 1.54) is 41.8 Å². The van der Waals surface area contributed by atoms with Crippen LogP contribution < -0.4 is 5.32 Å². The molecule has 1 aliphatic carbocycles. The molecule has 1 N–H and O–H groups in total. The van der Waals surface area contributed by atoms with Gasteiger partial charge in [0, 0.05) is 34.1 Å². The van der Waals surface area contributed by atoms with Crippen molar-refractivity contribution in [2.75, 3.05) is 7.05 Å². The molecule has 2 nitrogen and oxygen atoms in total. The SMILES string of the molecule is CNC(Cc1ccc(C)cn1)c1cc2c(s1)CCCC2. The largest absolute Gasteiger partial charge is 0.312 e. The average molecular weight is 286 g/mol. The quantitative estimate of drug-likeness (QED) is 0.924. The molecule has 2 aromatic heterocycles. The van der Waals surface area contributed by atoms with E-state index in [4.69, 9.17) is 0 Å². The summed E-state index contributed by atoms with van der Waals surface area (Å²) in [5, 5.41) is 3.46. The van der Waals surface area contributed by atoms with Crippen molar-refractivity contribution >= 4 is 11.3 Å². The van der Waals surface area contributed by atoms with E-state index in [2.05, 4.69) is 42.5 Å². The van der Waals surface area contributed by atoms with Crippen LogP contribution in [0.25, 0.3) is 0 Å². The third kappa shape index (κ3) is 2.94. The molecule has 1 atom stereocenters. The molecule has 2 aromatic rings. The number of hydrogen-bond acceptors (Lipinski definition) is 3. The zero-order chi connectivity index (χ0) is 13.9.